The first-order valence-corrected chi connectivity index (χ1v) is 12.6. The van der Waals surface area contributed by atoms with Gasteiger partial charge < -0.3 is 24.6 Å². The molecule has 1 aliphatic carbocycles. The Bertz CT molecular complexity index is 1410. The molecule has 2 atom stereocenters. The molecule has 2 N–H and O–H groups in total. The summed E-state index contributed by atoms with van der Waals surface area (Å²) < 4.78 is 89.3. The number of aryl methyl sites for hydroxylation is 1. The number of nitrogens with one attached hydrogen (secondary N) is 1. The van der Waals surface area contributed by atoms with E-state index in [1.807, 2.05) is 0 Å². The largest absolute Gasteiger partial charge is 0.493 e. The molecule has 0 saturated heterocycles. The van der Waals surface area contributed by atoms with Gasteiger partial charge in [0, 0.05) is 30.5 Å². The Morgan fingerprint density at radius 2 is 1.77 bits per heavy atom. The smallest absolute Gasteiger partial charge is 0.303 e. The first-order valence-electron chi connectivity index (χ1n) is 12.6. The second-order valence-corrected chi connectivity index (χ2v) is 10.7. The average Bonchev–Trinajstić information content (AvgIpc) is 3.41. The van der Waals surface area contributed by atoms with Crippen LogP contribution in [0.15, 0.2) is 30.3 Å². The highest BCUT2D eigenvalue weighted by molar-refractivity contribution is 5.92. The van der Waals surface area contributed by atoms with Crippen LogP contribution in [0.25, 0.3) is 10.9 Å². The molecule has 12 heteroatoms. The summed E-state index contributed by atoms with van der Waals surface area (Å²) in [7, 11) is 2.75. The number of aromatic nitrogens is 2. The lowest BCUT2D eigenvalue weighted by molar-refractivity contribution is -0.170. The number of ether oxygens (including phenoxy) is 3. The number of methoxy groups -OCH3 is 2. The molecule has 0 radical (unpaired) electrons. The van der Waals surface area contributed by atoms with Crippen molar-refractivity contribution in [2.75, 3.05) is 32.8 Å². The molecular formula is C28H32F5N3O4. The van der Waals surface area contributed by atoms with Gasteiger partial charge in [0.25, 0.3) is 5.92 Å². The van der Waals surface area contributed by atoms with Crippen molar-refractivity contribution in [2.45, 2.75) is 57.6 Å². The fraction of sp³-hybridized carbons (Fsp3) is 0.500. The monoisotopic (exact) mass is 569 g/mol. The number of anilines is 1. The number of hydrogen-bond donors (Lipinski definition) is 2. The van der Waals surface area contributed by atoms with Crippen LogP contribution in [0.3, 0.4) is 0 Å². The van der Waals surface area contributed by atoms with E-state index in [-0.39, 0.29) is 42.5 Å². The molecule has 7 nitrogen and oxygen atoms in total. The Morgan fingerprint density at radius 1 is 1.10 bits per heavy atom. The maximum Gasteiger partial charge on any atom is 0.303 e. The van der Waals surface area contributed by atoms with Crippen molar-refractivity contribution in [1.82, 2.24) is 9.97 Å². The standard InChI is InChI=1S/C28H32F5N3O4/c1-15(17-8-7-9-19(23(17)29)28(32,33)25(3,4)37)34-24-18-10-22(21(39-6)11-20(18)35-16(2)36-24)40-14-26(13-38-5)12-27(26,30)31/h7-11,15,37H,12-14H2,1-6H3,(H,34,35,36)/t15-,26?/m1/s1. The van der Waals surface area contributed by atoms with Crippen LogP contribution in [0.4, 0.5) is 27.8 Å². The number of fused-ring (bicyclic) bond motifs is 1. The zero-order valence-corrected chi connectivity index (χ0v) is 23.0. The second-order valence-electron chi connectivity index (χ2n) is 10.7. The highest BCUT2D eigenvalue weighted by Crippen LogP contribution is 2.60. The van der Waals surface area contributed by atoms with E-state index in [1.54, 1.807) is 19.9 Å². The van der Waals surface area contributed by atoms with E-state index in [9.17, 15) is 22.7 Å². The van der Waals surface area contributed by atoms with Gasteiger partial charge in [0.05, 0.1) is 36.3 Å². The lowest BCUT2D eigenvalue weighted by atomic mass is 9.91. The molecule has 1 aromatic heterocycles. The minimum absolute atomic E-state index is 0.0757. The Hall–Kier alpha value is -3.25. The normalized spacial score (nSPS) is 19.4. The first kappa shape index (κ1) is 29.7. The number of aliphatic hydroxyl groups is 1. The van der Waals surface area contributed by atoms with Crippen molar-refractivity contribution >= 4 is 16.7 Å². The van der Waals surface area contributed by atoms with E-state index >= 15 is 4.39 Å². The number of hydrogen-bond acceptors (Lipinski definition) is 7. The van der Waals surface area contributed by atoms with Crippen LogP contribution in [-0.4, -0.2) is 54.0 Å². The van der Waals surface area contributed by atoms with Gasteiger partial charge in [0.2, 0.25) is 0 Å². The summed E-state index contributed by atoms with van der Waals surface area (Å²) in [5.74, 6) is -6.92. The van der Waals surface area contributed by atoms with Gasteiger partial charge in [-0.05, 0) is 39.8 Å². The van der Waals surface area contributed by atoms with Gasteiger partial charge in [-0.15, -0.1) is 0 Å². The SMILES string of the molecule is COCC1(COc2cc3c(N[C@H](C)c4cccc(C(F)(F)C(C)(C)O)c4F)nc(C)nc3cc2OC)CC1(F)F. The van der Waals surface area contributed by atoms with Gasteiger partial charge >= 0.3 is 5.92 Å². The third-order valence-corrected chi connectivity index (χ3v) is 7.18. The van der Waals surface area contributed by atoms with Crippen LogP contribution in [-0.2, 0) is 10.7 Å². The maximum absolute atomic E-state index is 15.4. The van der Waals surface area contributed by atoms with Gasteiger partial charge in [0.15, 0.2) is 11.5 Å². The lowest BCUT2D eigenvalue weighted by Crippen LogP contribution is -2.41. The highest BCUT2D eigenvalue weighted by Gasteiger charge is 2.71. The summed E-state index contributed by atoms with van der Waals surface area (Å²) in [5.41, 5.74) is -4.53. The minimum atomic E-state index is -3.85. The van der Waals surface area contributed by atoms with E-state index in [0.29, 0.717) is 16.7 Å². The first-order chi connectivity index (χ1) is 18.6. The van der Waals surface area contributed by atoms with Crippen LogP contribution in [0.1, 0.15) is 50.2 Å². The van der Waals surface area contributed by atoms with Crippen LogP contribution in [0, 0.1) is 18.2 Å². The van der Waals surface area contributed by atoms with Crippen molar-refractivity contribution in [3.8, 4) is 11.5 Å². The van der Waals surface area contributed by atoms with Crippen LogP contribution in [0.2, 0.25) is 0 Å². The summed E-state index contributed by atoms with van der Waals surface area (Å²) in [6, 6.07) is 5.82. The van der Waals surface area contributed by atoms with Crippen LogP contribution >= 0.6 is 0 Å². The van der Waals surface area contributed by atoms with E-state index in [0.717, 1.165) is 19.9 Å². The molecule has 3 aromatic rings. The van der Waals surface area contributed by atoms with Crippen molar-refractivity contribution in [1.29, 1.82) is 0 Å². The molecule has 4 rings (SSSR count). The second kappa shape index (κ2) is 10.3. The molecule has 1 saturated carbocycles. The molecule has 1 fully saturated rings. The van der Waals surface area contributed by atoms with Crippen molar-refractivity contribution in [3.63, 3.8) is 0 Å². The zero-order chi connectivity index (χ0) is 29.7. The Morgan fingerprint density at radius 3 is 2.35 bits per heavy atom. The molecule has 0 amide bonds. The molecule has 1 heterocycles. The maximum atomic E-state index is 15.4. The highest BCUT2D eigenvalue weighted by atomic mass is 19.3. The zero-order valence-electron chi connectivity index (χ0n) is 23.0. The van der Waals surface area contributed by atoms with Crippen LogP contribution < -0.4 is 14.8 Å². The van der Waals surface area contributed by atoms with Gasteiger partial charge in [-0.1, -0.05) is 12.1 Å². The van der Waals surface area contributed by atoms with Crippen molar-refractivity contribution in [3.05, 3.63) is 53.1 Å². The molecule has 218 valence electrons. The lowest BCUT2D eigenvalue weighted by Gasteiger charge is -2.30. The summed E-state index contributed by atoms with van der Waals surface area (Å²) in [4.78, 5) is 8.81. The molecule has 1 unspecified atom stereocenters. The quantitative estimate of drug-likeness (QED) is 0.267. The molecule has 1 aliphatic rings. The summed E-state index contributed by atoms with van der Waals surface area (Å²) in [6.07, 6.45) is -0.368. The molecule has 0 aliphatic heterocycles. The van der Waals surface area contributed by atoms with Crippen molar-refractivity contribution < 1.29 is 41.3 Å². The van der Waals surface area contributed by atoms with Gasteiger partial charge in [-0.2, -0.15) is 8.78 Å². The van der Waals surface area contributed by atoms with E-state index in [4.69, 9.17) is 14.2 Å². The average molecular weight is 570 g/mol. The van der Waals surface area contributed by atoms with Crippen molar-refractivity contribution in [2.24, 2.45) is 5.41 Å². The summed E-state index contributed by atoms with van der Waals surface area (Å²) in [6.45, 7) is 4.52. The van der Waals surface area contributed by atoms with Gasteiger partial charge in [-0.3, -0.25) is 0 Å². The molecule has 0 spiro atoms. The van der Waals surface area contributed by atoms with Gasteiger partial charge in [0.1, 0.15) is 29.7 Å². The topological polar surface area (TPSA) is 85.7 Å². The number of halogens is 5. The number of alkyl halides is 4. The molecule has 2 aromatic carbocycles. The van der Waals surface area contributed by atoms with E-state index in [1.165, 1.54) is 32.4 Å². The minimum Gasteiger partial charge on any atom is -0.493 e. The number of nitrogens with zero attached hydrogens (tertiary/aromatic N) is 2. The predicted molar refractivity (Wildman–Crippen MR) is 139 cm³/mol. The fourth-order valence-corrected chi connectivity index (χ4v) is 4.60. The third kappa shape index (κ3) is 5.26. The summed E-state index contributed by atoms with van der Waals surface area (Å²) in [5, 5.41) is 13.4. The Kier molecular flexibility index (Phi) is 7.65. The third-order valence-electron chi connectivity index (χ3n) is 7.18. The summed E-state index contributed by atoms with van der Waals surface area (Å²) >= 11 is 0. The van der Waals surface area contributed by atoms with E-state index in [2.05, 4.69) is 15.3 Å². The predicted octanol–water partition coefficient (Wildman–Crippen LogP) is 6.17. The Labute approximate surface area is 228 Å². The fourth-order valence-electron chi connectivity index (χ4n) is 4.60. The molecule has 0 bridgehead atoms. The van der Waals surface area contributed by atoms with Gasteiger partial charge in [-0.25, -0.2) is 23.1 Å². The van der Waals surface area contributed by atoms with E-state index < -0.39 is 40.3 Å². The number of rotatable bonds is 11. The number of benzene rings is 2. The van der Waals surface area contributed by atoms with Crippen LogP contribution in [0.5, 0.6) is 11.5 Å². The molecular weight excluding hydrogens is 537 g/mol. The molecule has 40 heavy (non-hydrogen) atoms. The Balaban J connectivity index is 1.69.